The van der Waals surface area contributed by atoms with Crippen LogP contribution in [0.4, 0.5) is 11.4 Å². The Morgan fingerprint density at radius 3 is 1.82 bits per heavy atom. The molecule has 0 saturated carbocycles. The quantitative estimate of drug-likeness (QED) is 0.309. The molecule has 2 aliphatic heterocycles. The van der Waals surface area contributed by atoms with Crippen molar-refractivity contribution in [1.29, 1.82) is 0 Å². The van der Waals surface area contributed by atoms with Crippen molar-refractivity contribution in [3.63, 3.8) is 0 Å². The highest BCUT2D eigenvalue weighted by Crippen LogP contribution is 2.37. The molecule has 2 aromatic carbocycles. The number of esters is 2. The van der Waals surface area contributed by atoms with Crippen LogP contribution in [-0.2, 0) is 23.9 Å². The van der Waals surface area contributed by atoms with Gasteiger partial charge in [0.15, 0.2) is 6.61 Å². The molecule has 12 heteroatoms. The van der Waals surface area contributed by atoms with Crippen LogP contribution in [-0.4, -0.2) is 61.3 Å². The number of fused-ring (bicyclic) bond motifs is 2. The van der Waals surface area contributed by atoms with E-state index in [9.17, 15) is 14.4 Å². The zero-order chi connectivity index (χ0) is 28.0. The van der Waals surface area contributed by atoms with E-state index in [1.54, 1.807) is 44.7 Å². The van der Waals surface area contributed by atoms with Gasteiger partial charge in [0, 0.05) is 8.95 Å². The molecule has 0 spiro atoms. The third kappa shape index (κ3) is 6.83. The highest BCUT2D eigenvalue weighted by atomic mass is 79.9. The molecule has 0 N–H and O–H groups in total. The maximum absolute atomic E-state index is 12.0. The second-order valence-corrected chi connectivity index (χ2v) is 10.5. The molecular weight excluding hydrogens is 644 g/mol. The zero-order valence-electron chi connectivity index (χ0n) is 21.4. The molecule has 0 radical (unpaired) electrons. The average Bonchev–Trinajstić information content (AvgIpc) is 2.88. The van der Waals surface area contributed by atoms with Gasteiger partial charge in [0.05, 0.1) is 24.6 Å². The monoisotopic (exact) mass is 670 g/mol. The summed E-state index contributed by atoms with van der Waals surface area (Å²) < 4.78 is 22.6. The fraction of sp³-hybridized carbons (Fsp3) is 0.385. The van der Waals surface area contributed by atoms with Gasteiger partial charge in [-0.15, -0.1) is 0 Å². The second-order valence-electron chi connectivity index (χ2n) is 8.18. The lowest BCUT2D eigenvalue weighted by molar-refractivity contribution is -0.146. The summed E-state index contributed by atoms with van der Waals surface area (Å²) >= 11 is 12.1. The number of halogens is 2. The summed E-state index contributed by atoms with van der Waals surface area (Å²) in [6, 6.07) is 9.82. The Labute approximate surface area is 243 Å². The Morgan fingerprint density at radius 2 is 1.32 bits per heavy atom. The van der Waals surface area contributed by atoms with Crippen molar-refractivity contribution in [2.24, 2.45) is 0 Å². The largest absolute Gasteiger partial charge is 0.484 e. The van der Waals surface area contributed by atoms with Crippen LogP contribution in [0.3, 0.4) is 0 Å². The molecule has 0 saturated heterocycles. The molecule has 38 heavy (non-hydrogen) atoms. The van der Waals surface area contributed by atoms with Crippen molar-refractivity contribution in [2.45, 2.75) is 39.8 Å². The van der Waals surface area contributed by atoms with Gasteiger partial charge < -0.3 is 23.8 Å². The Balaban J connectivity index is 0.000000211. The molecule has 2 aromatic rings. The molecule has 9 nitrogen and oxygen atoms in total. The van der Waals surface area contributed by atoms with Crippen molar-refractivity contribution in [3.8, 4) is 11.5 Å². The van der Waals surface area contributed by atoms with Crippen molar-refractivity contribution < 1.29 is 33.3 Å². The molecule has 4 rings (SSSR count). The highest BCUT2D eigenvalue weighted by molar-refractivity contribution is 9.10. The van der Waals surface area contributed by atoms with E-state index in [0.717, 1.165) is 14.6 Å². The number of thiocarbonyl (C=S) groups is 1. The number of carbonyl (C=O) groups is 3. The lowest BCUT2D eigenvalue weighted by atomic mass is 10.2. The first-order valence-electron chi connectivity index (χ1n) is 11.9. The number of ether oxygens (including phenoxy) is 4. The van der Waals surface area contributed by atoms with Crippen LogP contribution in [0.1, 0.15) is 27.7 Å². The van der Waals surface area contributed by atoms with E-state index in [1.165, 1.54) is 4.90 Å². The van der Waals surface area contributed by atoms with Crippen LogP contribution in [0.25, 0.3) is 0 Å². The Kier molecular flexibility index (Phi) is 10.5. The average molecular weight is 672 g/mol. The fourth-order valence-electron chi connectivity index (χ4n) is 3.87. The lowest BCUT2D eigenvalue weighted by Gasteiger charge is -2.35. The smallest absolute Gasteiger partial charge is 0.328 e. The fourth-order valence-corrected chi connectivity index (χ4v) is 4.89. The standard InChI is InChI=1S/C13H14BrNO4.C13H14BrNO3S/c1-3-18-13(17)8(2)15-10-6-9(14)4-5-11(10)19-7-12(15)16;1-3-17-13(16)8(2)15-10-6-9(14)4-5-11(10)18-7-12(15)19/h2*4-6,8H,3,7H2,1-2H3/t2*8-/m11/s1. The molecule has 2 heterocycles. The molecular formula is C26H28Br2N2O7S. The Bertz CT molecular complexity index is 1130. The minimum Gasteiger partial charge on any atom is -0.484 e. The van der Waals surface area contributed by atoms with Crippen molar-refractivity contribution >= 4 is 78.3 Å². The maximum atomic E-state index is 12.0. The first kappa shape index (κ1) is 29.9. The minimum atomic E-state index is -0.676. The summed E-state index contributed by atoms with van der Waals surface area (Å²) in [7, 11) is 0. The van der Waals surface area contributed by atoms with Crippen molar-refractivity contribution in [2.75, 3.05) is 36.2 Å². The summed E-state index contributed by atoms with van der Waals surface area (Å²) in [5.74, 6) is 0.319. The van der Waals surface area contributed by atoms with Gasteiger partial charge in [-0.05, 0) is 64.1 Å². The molecule has 0 aliphatic carbocycles. The Hall–Kier alpha value is -2.70. The van der Waals surface area contributed by atoms with Crippen LogP contribution in [0.2, 0.25) is 0 Å². The van der Waals surface area contributed by atoms with Crippen molar-refractivity contribution in [1.82, 2.24) is 0 Å². The maximum Gasteiger partial charge on any atom is 0.328 e. The predicted molar refractivity (Wildman–Crippen MR) is 154 cm³/mol. The summed E-state index contributed by atoms with van der Waals surface area (Å²) in [5, 5.41) is 0. The van der Waals surface area contributed by atoms with Crippen LogP contribution in [0, 0.1) is 0 Å². The minimum absolute atomic E-state index is 0.0711. The van der Waals surface area contributed by atoms with Gasteiger partial charge >= 0.3 is 11.9 Å². The molecule has 0 unspecified atom stereocenters. The SMILES string of the molecule is CCOC(=O)[C@@H](C)N1C(=O)COc2ccc(Br)cc21.CCOC(=O)[C@@H](C)N1C(=S)COc2ccc(Br)cc21. The Morgan fingerprint density at radius 1 is 0.868 bits per heavy atom. The number of anilines is 2. The number of carbonyl (C=O) groups excluding carboxylic acids is 3. The molecule has 0 fully saturated rings. The summed E-state index contributed by atoms with van der Waals surface area (Å²) in [6.45, 7) is 7.81. The lowest BCUT2D eigenvalue weighted by Crippen LogP contribution is -2.48. The first-order valence-corrected chi connectivity index (χ1v) is 13.9. The molecule has 2 aliphatic rings. The molecule has 204 valence electrons. The number of amides is 1. The second kappa shape index (κ2) is 13.4. The van der Waals surface area contributed by atoms with Crippen LogP contribution >= 0.6 is 44.1 Å². The molecule has 0 aromatic heterocycles. The number of hydrogen-bond donors (Lipinski definition) is 0. The van der Waals surface area contributed by atoms with Gasteiger partial charge in [-0.3, -0.25) is 9.69 Å². The van der Waals surface area contributed by atoms with Gasteiger partial charge in [-0.2, -0.15) is 0 Å². The van der Waals surface area contributed by atoms with E-state index < -0.39 is 18.1 Å². The molecule has 0 bridgehead atoms. The van der Waals surface area contributed by atoms with Gasteiger partial charge in [-0.25, -0.2) is 9.59 Å². The van der Waals surface area contributed by atoms with E-state index in [1.807, 2.05) is 24.3 Å². The van der Waals surface area contributed by atoms with Crippen molar-refractivity contribution in [3.05, 3.63) is 45.3 Å². The highest BCUT2D eigenvalue weighted by Gasteiger charge is 2.34. The summed E-state index contributed by atoms with van der Waals surface area (Å²) in [6.07, 6.45) is 0. The third-order valence-electron chi connectivity index (χ3n) is 5.63. The number of hydrogen-bond acceptors (Lipinski definition) is 8. The summed E-state index contributed by atoms with van der Waals surface area (Å²) in [4.78, 5) is 39.5. The number of benzene rings is 2. The molecule has 2 atom stereocenters. The third-order valence-corrected chi connectivity index (χ3v) is 6.93. The van der Waals surface area contributed by atoms with E-state index in [0.29, 0.717) is 35.4 Å². The molecule has 1 amide bonds. The van der Waals surface area contributed by atoms with E-state index in [4.69, 9.17) is 31.2 Å². The summed E-state index contributed by atoms with van der Waals surface area (Å²) in [5.41, 5.74) is 1.36. The van der Waals surface area contributed by atoms with Gasteiger partial charge in [0.2, 0.25) is 0 Å². The zero-order valence-corrected chi connectivity index (χ0v) is 25.4. The van der Waals surface area contributed by atoms with Gasteiger partial charge in [-0.1, -0.05) is 44.1 Å². The predicted octanol–water partition coefficient (Wildman–Crippen LogP) is 5.05. The van der Waals surface area contributed by atoms with Gasteiger partial charge in [0.25, 0.3) is 5.91 Å². The number of nitrogens with zero attached hydrogens (tertiary/aromatic N) is 2. The van der Waals surface area contributed by atoms with E-state index >= 15 is 0 Å². The van der Waals surface area contributed by atoms with E-state index in [-0.39, 0.29) is 25.1 Å². The van der Waals surface area contributed by atoms with Crippen LogP contribution in [0.5, 0.6) is 11.5 Å². The number of rotatable bonds is 6. The van der Waals surface area contributed by atoms with Gasteiger partial charge in [0.1, 0.15) is 35.2 Å². The van der Waals surface area contributed by atoms with Crippen LogP contribution in [0.15, 0.2) is 45.3 Å². The normalized spacial score (nSPS) is 15.5. The van der Waals surface area contributed by atoms with E-state index in [2.05, 4.69) is 31.9 Å². The topological polar surface area (TPSA) is 94.6 Å². The first-order chi connectivity index (χ1) is 18.1. The van der Waals surface area contributed by atoms with Crippen LogP contribution < -0.4 is 19.3 Å².